The quantitative estimate of drug-likeness (QED) is 0.620. The summed E-state index contributed by atoms with van der Waals surface area (Å²) in [5.41, 5.74) is 3.28. The monoisotopic (exact) mass is 379 g/mol. The number of ether oxygens (including phenoxy) is 2. The largest absolute Gasteiger partial charge is 0.493 e. The zero-order valence-corrected chi connectivity index (χ0v) is 16.2. The van der Waals surface area contributed by atoms with Crippen LogP contribution in [0.1, 0.15) is 23.1 Å². The molecule has 3 aromatic rings. The molecule has 0 bridgehead atoms. The van der Waals surface area contributed by atoms with E-state index in [1.807, 2.05) is 47.3 Å². The molecule has 0 aliphatic carbocycles. The molecule has 0 unspecified atom stereocenters. The van der Waals surface area contributed by atoms with E-state index in [2.05, 4.69) is 22.5 Å². The minimum atomic E-state index is 0.0235. The van der Waals surface area contributed by atoms with Crippen LogP contribution in [0.5, 0.6) is 11.5 Å². The number of hydrogen-bond donors (Lipinski definition) is 1. The van der Waals surface area contributed by atoms with Crippen molar-refractivity contribution in [2.45, 2.75) is 25.9 Å². The molecule has 2 aromatic carbocycles. The molecule has 1 heterocycles. The maximum Gasteiger partial charge on any atom is 0.220 e. The van der Waals surface area contributed by atoms with E-state index in [1.54, 1.807) is 20.4 Å². The van der Waals surface area contributed by atoms with Gasteiger partial charge >= 0.3 is 0 Å². The molecule has 1 aromatic heterocycles. The molecule has 0 spiro atoms. The highest BCUT2D eigenvalue weighted by Gasteiger charge is 2.07. The summed E-state index contributed by atoms with van der Waals surface area (Å²) >= 11 is 0. The molecular formula is C22H25N3O3. The molecule has 3 rings (SSSR count). The first kappa shape index (κ1) is 19.5. The lowest BCUT2D eigenvalue weighted by Gasteiger charge is -2.10. The normalized spacial score (nSPS) is 10.5. The van der Waals surface area contributed by atoms with Gasteiger partial charge < -0.3 is 14.8 Å². The van der Waals surface area contributed by atoms with E-state index in [1.165, 1.54) is 5.56 Å². The SMILES string of the molecule is COc1ccc(CCC(=O)NCc2ccc(Cn3cccn3)cc2)cc1OC. The summed E-state index contributed by atoms with van der Waals surface area (Å²) < 4.78 is 12.4. The summed E-state index contributed by atoms with van der Waals surface area (Å²) in [5, 5.41) is 7.18. The van der Waals surface area contributed by atoms with Crippen molar-refractivity contribution in [3.8, 4) is 11.5 Å². The van der Waals surface area contributed by atoms with Crippen molar-refractivity contribution >= 4 is 5.91 Å². The number of aromatic nitrogens is 2. The minimum absolute atomic E-state index is 0.0235. The van der Waals surface area contributed by atoms with E-state index in [4.69, 9.17) is 9.47 Å². The maximum atomic E-state index is 12.2. The second kappa shape index (κ2) is 9.60. The van der Waals surface area contributed by atoms with Crippen molar-refractivity contribution in [3.63, 3.8) is 0 Å². The van der Waals surface area contributed by atoms with Crippen molar-refractivity contribution in [2.24, 2.45) is 0 Å². The highest BCUT2D eigenvalue weighted by atomic mass is 16.5. The molecular weight excluding hydrogens is 354 g/mol. The van der Waals surface area contributed by atoms with Crippen LogP contribution in [-0.2, 0) is 24.3 Å². The van der Waals surface area contributed by atoms with E-state index in [0.717, 1.165) is 17.7 Å². The lowest BCUT2D eigenvalue weighted by Crippen LogP contribution is -2.23. The van der Waals surface area contributed by atoms with E-state index in [-0.39, 0.29) is 5.91 Å². The highest BCUT2D eigenvalue weighted by Crippen LogP contribution is 2.27. The number of nitrogens with one attached hydrogen (secondary N) is 1. The Bertz CT molecular complexity index is 890. The molecule has 0 fully saturated rings. The number of amides is 1. The first-order chi connectivity index (χ1) is 13.7. The van der Waals surface area contributed by atoms with Crippen LogP contribution >= 0.6 is 0 Å². The van der Waals surface area contributed by atoms with E-state index in [0.29, 0.717) is 30.9 Å². The van der Waals surface area contributed by atoms with E-state index < -0.39 is 0 Å². The number of hydrogen-bond acceptors (Lipinski definition) is 4. The third-order valence-corrected chi connectivity index (χ3v) is 4.51. The van der Waals surface area contributed by atoms with Crippen LogP contribution in [0.2, 0.25) is 0 Å². The van der Waals surface area contributed by atoms with Crippen LogP contribution in [0.15, 0.2) is 60.9 Å². The van der Waals surface area contributed by atoms with Gasteiger partial charge in [-0.25, -0.2) is 0 Å². The molecule has 28 heavy (non-hydrogen) atoms. The van der Waals surface area contributed by atoms with Crippen LogP contribution in [0.3, 0.4) is 0 Å². The molecule has 1 N–H and O–H groups in total. The average molecular weight is 379 g/mol. The number of benzene rings is 2. The van der Waals surface area contributed by atoms with Crippen LogP contribution in [0, 0.1) is 0 Å². The van der Waals surface area contributed by atoms with Gasteiger partial charge in [-0.15, -0.1) is 0 Å². The predicted molar refractivity (Wildman–Crippen MR) is 107 cm³/mol. The van der Waals surface area contributed by atoms with Gasteiger partial charge in [-0.1, -0.05) is 30.3 Å². The van der Waals surface area contributed by atoms with Gasteiger partial charge in [0.2, 0.25) is 5.91 Å². The highest BCUT2D eigenvalue weighted by molar-refractivity contribution is 5.76. The second-order valence-corrected chi connectivity index (χ2v) is 6.49. The van der Waals surface area contributed by atoms with Crippen molar-refractivity contribution in [1.29, 1.82) is 0 Å². The zero-order valence-electron chi connectivity index (χ0n) is 16.2. The van der Waals surface area contributed by atoms with Crippen molar-refractivity contribution in [1.82, 2.24) is 15.1 Å². The van der Waals surface area contributed by atoms with Crippen molar-refractivity contribution < 1.29 is 14.3 Å². The van der Waals surface area contributed by atoms with Crippen LogP contribution in [-0.4, -0.2) is 29.9 Å². The fourth-order valence-corrected chi connectivity index (χ4v) is 2.93. The lowest BCUT2D eigenvalue weighted by molar-refractivity contribution is -0.121. The van der Waals surface area contributed by atoms with Gasteiger partial charge in [-0.05, 0) is 41.3 Å². The lowest BCUT2D eigenvalue weighted by atomic mass is 10.1. The summed E-state index contributed by atoms with van der Waals surface area (Å²) in [6.45, 7) is 1.26. The Morgan fingerprint density at radius 1 is 1.00 bits per heavy atom. The molecule has 0 atom stereocenters. The number of carbonyl (C=O) groups is 1. The standard InChI is InChI=1S/C22H25N3O3/c1-27-20-10-8-17(14-21(20)28-2)9-11-22(26)23-15-18-4-6-19(7-5-18)16-25-13-3-12-24-25/h3-8,10,12-14H,9,11,15-16H2,1-2H3,(H,23,26). The molecule has 1 amide bonds. The number of methoxy groups -OCH3 is 2. The van der Waals surface area contributed by atoms with Gasteiger partial charge in [0, 0.05) is 25.4 Å². The first-order valence-corrected chi connectivity index (χ1v) is 9.21. The fraction of sp³-hybridized carbons (Fsp3) is 0.273. The molecule has 0 saturated carbocycles. The Kier molecular flexibility index (Phi) is 6.68. The Hall–Kier alpha value is -3.28. The Balaban J connectivity index is 1.45. The topological polar surface area (TPSA) is 65.4 Å². The van der Waals surface area contributed by atoms with Crippen LogP contribution in [0.4, 0.5) is 0 Å². The van der Waals surface area contributed by atoms with Gasteiger partial charge in [-0.3, -0.25) is 9.48 Å². The predicted octanol–water partition coefficient (Wildman–Crippen LogP) is 3.20. The van der Waals surface area contributed by atoms with Gasteiger partial charge in [0.05, 0.1) is 20.8 Å². The minimum Gasteiger partial charge on any atom is -0.493 e. The molecule has 6 nitrogen and oxygen atoms in total. The summed E-state index contributed by atoms with van der Waals surface area (Å²) in [7, 11) is 3.21. The molecule has 0 saturated heterocycles. The number of carbonyl (C=O) groups excluding carboxylic acids is 1. The van der Waals surface area contributed by atoms with Crippen LogP contribution < -0.4 is 14.8 Å². The van der Waals surface area contributed by atoms with E-state index >= 15 is 0 Å². The van der Waals surface area contributed by atoms with Crippen LogP contribution in [0.25, 0.3) is 0 Å². The average Bonchev–Trinajstić information content (AvgIpc) is 3.24. The zero-order chi connectivity index (χ0) is 19.8. The molecule has 0 radical (unpaired) electrons. The maximum absolute atomic E-state index is 12.2. The summed E-state index contributed by atoms with van der Waals surface area (Å²) in [5.74, 6) is 1.39. The van der Waals surface area contributed by atoms with Gasteiger partial charge in [-0.2, -0.15) is 5.10 Å². The van der Waals surface area contributed by atoms with Crippen molar-refractivity contribution in [2.75, 3.05) is 14.2 Å². The number of nitrogens with zero attached hydrogens (tertiary/aromatic N) is 2. The number of rotatable bonds is 9. The third kappa shape index (κ3) is 5.36. The third-order valence-electron chi connectivity index (χ3n) is 4.51. The molecule has 0 aliphatic rings. The Labute approximate surface area is 165 Å². The van der Waals surface area contributed by atoms with Gasteiger partial charge in [0.15, 0.2) is 11.5 Å². The summed E-state index contributed by atoms with van der Waals surface area (Å²) in [6.07, 6.45) is 4.78. The fourth-order valence-electron chi connectivity index (χ4n) is 2.93. The van der Waals surface area contributed by atoms with E-state index in [9.17, 15) is 4.79 Å². The van der Waals surface area contributed by atoms with Crippen molar-refractivity contribution in [3.05, 3.63) is 77.6 Å². The smallest absolute Gasteiger partial charge is 0.220 e. The summed E-state index contributed by atoms with van der Waals surface area (Å²) in [4.78, 5) is 12.2. The Morgan fingerprint density at radius 3 is 2.39 bits per heavy atom. The molecule has 146 valence electrons. The Morgan fingerprint density at radius 2 is 1.71 bits per heavy atom. The first-order valence-electron chi connectivity index (χ1n) is 9.21. The molecule has 0 aliphatic heterocycles. The van der Waals surface area contributed by atoms with Gasteiger partial charge in [0.1, 0.15) is 0 Å². The number of aryl methyl sites for hydroxylation is 1. The molecule has 6 heteroatoms. The second-order valence-electron chi connectivity index (χ2n) is 6.49. The van der Waals surface area contributed by atoms with Gasteiger partial charge in [0.25, 0.3) is 0 Å². The summed E-state index contributed by atoms with van der Waals surface area (Å²) in [6, 6.07) is 15.8.